The maximum Gasteiger partial charge on any atom is 0.0213 e. The van der Waals surface area contributed by atoms with Crippen molar-refractivity contribution in [2.24, 2.45) is 0 Å². The van der Waals surface area contributed by atoms with Gasteiger partial charge in [0.1, 0.15) is 0 Å². The molecule has 10 heavy (non-hydrogen) atoms. The summed E-state index contributed by atoms with van der Waals surface area (Å²) in [5.41, 5.74) is 1.23. The van der Waals surface area contributed by atoms with Gasteiger partial charge in [-0.3, -0.25) is 0 Å². The van der Waals surface area contributed by atoms with Crippen molar-refractivity contribution >= 4 is 9.52 Å². The maximum absolute atomic E-state index is 3.56. The standard InChI is InChI=1S/C6H10.C2H7Si.Ti/c1-4-6(3)5-2;1-3-2;/h4-5H,1H2,2-3H3;3H,1-2H3;. The van der Waals surface area contributed by atoms with E-state index in [-0.39, 0.29) is 21.7 Å². The Labute approximate surface area is 82.5 Å². The Bertz CT molecular complexity index is 87.3. The number of rotatable bonds is 1. The molecule has 0 atom stereocenters. The van der Waals surface area contributed by atoms with E-state index >= 15 is 0 Å². The quantitative estimate of drug-likeness (QED) is 0.439. The van der Waals surface area contributed by atoms with Gasteiger partial charge in [-0.05, 0) is 13.8 Å². The molecule has 0 amide bonds. The van der Waals surface area contributed by atoms with Gasteiger partial charge >= 0.3 is 0 Å². The van der Waals surface area contributed by atoms with Crippen molar-refractivity contribution in [1.29, 1.82) is 0 Å². The number of hydrogen-bond donors (Lipinski definition) is 0. The number of hydrogen-bond acceptors (Lipinski definition) is 0. The monoisotopic (exact) mass is 189 g/mol. The maximum atomic E-state index is 3.56. The fourth-order valence-corrected chi connectivity index (χ4v) is 0.118. The molecule has 0 fully saturated rings. The Kier molecular flexibility index (Phi) is 27.2. The van der Waals surface area contributed by atoms with Crippen LogP contribution in [0.4, 0.5) is 0 Å². The molecule has 0 rings (SSSR count). The summed E-state index contributed by atoms with van der Waals surface area (Å²) in [6, 6.07) is 0. The van der Waals surface area contributed by atoms with Gasteiger partial charge in [-0.2, -0.15) is 0 Å². The third-order valence-electron chi connectivity index (χ3n) is 0.777. The Morgan fingerprint density at radius 2 is 1.70 bits per heavy atom. The summed E-state index contributed by atoms with van der Waals surface area (Å²) in [7, 11) is 0.750. The molecular formula is C8H17SiTi. The summed E-state index contributed by atoms with van der Waals surface area (Å²) in [6.07, 6.45) is 3.85. The predicted molar refractivity (Wildman–Crippen MR) is 48.5 cm³/mol. The van der Waals surface area contributed by atoms with Crippen LogP contribution < -0.4 is 0 Å². The van der Waals surface area contributed by atoms with Crippen molar-refractivity contribution in [2.75, 3.05) is 0 Å². The van der Waals surface area contributed by atoms with Crippen molar-refractivity contribution in [3.05, 3.63) is 24.3 Å². The van der Waals surface area contributed by atoms with Crippen LogP contribution in [0.25, 0.3) is 0 Å². The average Bonchev–Trinajstić information content (AvgIpc) is 1.88. The van der Waals surface area contributed by atoms with Crippen LogP contribution in [0.5, 0.6) is 0 Å². The minimum atomic E-state index is 0. The molecule has 0 saturated carbocycles. The molecule has 0 aliphatic rings. The molecule has 0 aliphatic heterocycles. The van der Waals surface area contributed by atoms with E-state index in [1.54, 1.807) is 0 Å². The van der Waals surface area contributed by atoms with Gasteiger partial charge in [0.2, 0.25) is 0 Å². The molecule has 0 aromatic carbocycles. The van der Waals surface area contributed by atoms with E-state index in [2.05, 4.69) is 19.7 Å². The van der Waals surface area contributed by atoms with E-state index in [9.17, 15) is 0 Å². The van der Waals surface area contributed by atoms with Gasteiger partial charge in [-0.1, -0.05) is 37.4 Å². The van der Waals surface area contributed by atoms with E-state index in [0.29, 0.717) is 0 Å². The molecule has 0 unspecified atom stereocenters. The summed E-state index contributed by atoms with van der Waals surface area (Å²) in [5.74, 6) is 0. The van der Waals surface area contributed by atoms with Crippen LogP contribution >= 0.6 is 0 Å². The fourth-order valence-electron chi connectivity index (χ4n) is 0.118. The van der Waals surface area contributed by atoms with Gasteiger partial charge in [-0.25, -0.2) is 0 Å². The number of allylic oxidation sites excluding steroid dienone is 3. The van der Waals surface area contributed by atoms with E-state index in [0.717, 1.165) is 9.52 Å². The first kappa shape index (κ1) is 16.8. The molecule has 0 bridgehead atoms. The van der Waals surface area contributed by atoms with E-state index in [1.807, 2.05) is 26.0 Å². The largest absolute Gasteiger partial charge is 0.0988 e. The Hall–Kier alpha value is 0.411. The second kappa shape index (κ2) is 16.2. The second-order valence-corrected chi connectivity index (χ2v) is 2.97. The first-order valence-corrected chi connectivity index (χ1v) is 5.53. The molecule has 2 heteroatoms. The van der Waals surface area contributed by atoms with Crippen LogP contribution in [0, 0.1) is 0 Å². The Morgan fingerprint density at radius 1 is 1.40 bits per heavy atom. The topological polar surface area (TPSA) is 0 Å². The van der Waals surface area contributed by atoms with Crippen molar-refractivity contribution < 1.29 is 21.7 Å². The summed E-state index contributed by atoms with van der Waals surface area (Å²) in [4.78, 5) is 0. The van der Waals surface area contributed by atoms with Crippen LogP contribution in [-0.4, -0.2) is 9.52 Å². The van der Waals surface area contributed by atoms with Crippen LogP contribution in [-0.2, 0) is 21.7 Å². The molecule has 57 valence electrons. The summed E-state index contributed by atoms with van der Waals surface area (Å²) in [6.45, 7) is 12.0. The minimum absolute atomic E-state index is 0. The Morgan fingerprint density at radius 3 is 1.70 bits per heavy atom. The smallest absolute Gasteiger partial charge is 0.0213 e. The van der Waals surface area contributed by atoms with Crippen LogP contribution in [0.3, 0.4) is 0 Å². The van der Waals surface area contributed by atoms with Crippen molar-refractivity contribution in [3.63, 3.8) is 0 Å². The summed E-state index contributed by atoms with van der Waals surface area (Å²) >= 11 is 0. The van der Waals surface area contributed by atoms with Gasteiger partial charge in [0.15, 0.2) is 0 Å². The van der Waals surface area contributed by atoms with Crippen molar-refractivity contribution in [3.8, 4) is 0 Å². The summed E-state index contributed by atoms with van der Waals surface area (Å²) < 4.78 is 0. The average molecular weight is 189 g/mol. The minimum Gasteiger partial charge on any atom is -0.0988 e. The zero-order valence-electron chi connectivity index (χ0n) is 7.44. The molecule has 0 aromatic heterocycles. The fraction of sp³-hybridized carbons (Fsp3) is 0.500. The van der Waals surface area contributed by atoms with Crippen LogP contribution in [0.15, 0.2) is 24.3 Å². The van der Waals surface area contributed by atoms with Crippen molar-refractivity contribution in [2.45, 2.75) is 26.9 Å². The SMILES string of the molecule is C=CC(C)=CC.C[SiH]C.[Ti]. The van der Waals surface area contributed by atoms with Gasteiger partial charge in [0.25, 0.3) is 0 Å². The zero-order chi connectivity index (χ0) is 7.70. The molecule has 0 nitrogen and oxygen atoms in total. The van der Waals surface area contributed by atoms with Gasteiger partial charge in [0, 0.05) is 31.2 Å². The van der Waals surface area contributed by atoms with E-state index < -0.39 is 0 Å². The van der Waals surface area contributed by atoms with Gasteiger partial charge in [0.05, 0.1) is 0 Å². The second-order valence-electron chi connectivity index (χ2n) is 1.81. The van der Waals surface area contributed by atoms with Gasteiger partial charge < -0.3 is 0 Å². The molecule has 0 heterocycles. The molecule has 0 spiro atoms. The molecular weight excluding hydrogens is 172 g/mol. The predicted octanol–water partition coefficient (Wildman–Crippen LogP) is 2.66. The van der Waals surface area contributed by atoms with Gasteiger partial charge in [-0.15, -0.1) is 0 Å². The zero-order valence-corrected chi connectivity index (χ0v) is 10.2. The first-order chi connectivity index (χ1) is 4.22. The molecule has 0 saturated heterocycles. The molecule has 1 radical (unpaired) electrons. The van der Waals surface area contributed by atoms with E-state index in [1.165, 1.54) is 5.57 Å². The third kappa shape index (κ3) is 23.7. The normalized spacial score (nSPS) is 8.60. The van der Waals surface area contributed by atoms with Crippen LogP contribution in [0.1, 0.15) is 13.8 Å². The molecule has 0 aliphatic carbocycles. The van der Waals surface area contributed by atoms with Crippen LogP contribution in [0.2, 0.25) is 13.1 Å². The van der Waals surface area contributed by atoms with Crippen molar-refractivity contribution in [1.82, 2.24) is 0 Å². The summed E-state index contributed by atoms with van der Waals surface area (Å²) in [5, 5.41) is 0. The molecule has 0 N–H and O–H groups in total. The van der Waals surface area contributed by atoms with E-state index in [4.69, 9.17) is 0 Å². The first-order valence-electron chi connectivity index (χ1n) is 3.22. The molecule has 0 aromatic rings. The third-order valence-corrected chi connectivity index (χ3v) is 0.777. The Balaban J connectivity index is -0.000000107.